The molecule has 14 heavy (non-hydrogen) atoms. The average Bonchev–Trinajstić information content (AvgIpc) is 2.56. The van der Waals surface area contributed by atoms with Gasteiger partial charge >= 0.3 is 0 Å². The molecule has 0 spiro atoms. The maximum absolute atomic E-state index is 4.16. The molecule has 0 bridgehead atoms. The lowest BCUT2D eigenvalue weighted by atomic mass is 9.86. The molecule has 0 saturated heterocycles. The normalized spacial score (nSPS) is 27.6. The zero-order valence-electron chi connectivity index (χ0n) is 9.03. The number of nitrogens with one attached hydrogen (secondary N) is 1. The van der Waals surface area contributed by atoms with Crippen molar-refractivity contribution in [3.05, 3.63) is 12.4 Å². The quantitative estimate of drug-likeness (QED) is 0.781. The second-order valence-electron chi connectivity index (χ2n) is 4.42. The van der Waals surface area contributed by atoms with Crippen LogP contribution in [-0.2, 0) is 7.05 Å². The molecule has 1 aromatic rings. The lowest BCUT2D eigenvalue weighted by Gasteiger charge is -2.29. The van der Waals surface area contributed by atoms with Gasteiger partial charge in [0.2, 0.25) is 0 Å². The van der Waals surface area contributed by atoms with Gasteiger partial charge in [-0.25, -0.2) is 0 Å². The zero-order valence-corrected chi connectivity index (χ0v) is 9.03. The first kappa shape index (κ1) is 9.56. The van der Waals surface area contributed by atoms with Crippen molar-refractivity contribution in [2.24, 2.45) is 13.0 Å². The molecule has 3 nitrogen and oxygen atoms in total. The average molecular weight is 193 g/mol. The first-order valence-electron chi connectivity index (χ1n) is 5.51. The van der Waals surface area contributed by atoms with Crippen molar-refractivity contribution in [3.8, 4) is 0 Å². The maximum Gasteiger partial charge on any atom is 0.0728 e. The molecule has 2 rings (SSSR count). The molecule has 1 N–H and O–H groups in total. The molecule has 0 radical (unpaired) electrons. The first-order chi connectivity index (χ1) is 6.75. The third kappa shape index (κ3) is 2.08. The van der Waals surface area contributed by atoms with Gasteiger partial charge in [-0.15, -0.1) is 0 Å². The predicted octanol–water partition coefficient (Wildman–Crippen LogP) is 2.41. The van der Waals surface area contributed by atoms with Crippen molar-refractivity contribution >= 4 is 5.69 Å². The summed E-state index contributed by atoms with van der Waals surface area (Å²) in [6, 6.07) is 0.646. The number of hydrogen-bond donors (Lipinski definition) is 1. The number of aryl methyl sites for hydroxylation is 1. The molecule has 2 unspecified atom stereocenters. The monoisotopic (exact) mass is 193 g/mol. The van der Waals surface area contributed by atoms with E-state index in [1.807, 2.05) is 24.1 Å². The Morgan fingerprint density at radius 1 is 1.43 bits per heavy atom. The first-order valence-corrected chi connectivity index (χ1v) is 5.51. The minimum absolute atomic E-state index is 0.646. The summed E-state index contributed by atoms with van der Waals surface area (Å²) < 4.78 is 1.84. The van der Waals surface area contributed by atoms with Gasteiger partial charge in [-0.05, 0) is 18.8 Å². The summed E-state index contributed by atoms with van der Waals surface area (Å²) in [4.78, 5) is 0. The molecule has 1 saturated carbocycles. The van der Waals surface area contributed by atoms with Crippen LogP contribution < -0.4 is 5.32 Å². The molecule has 1 heterocycles. The van der Waals surface area contributed by atoms with E-state index in [1.165, 1.54) is 25.7 Å². The van der Waals surface area contributed by atoms with Gasteiger partial charge in [0.1, 0.15) is 0 Å². The van der Waals surface area contributed by atoms with E-state index in [4.69, 9.17) is 0 Å². The Bertz CT molecular complexity index is 292. The molecule has 1 aliphatic carbocycles. The van der Waals surface area contributed by atoms with Gasteiger partial charge in [0.15, 0.2) is 0 Å². The number of aromatic nitrogens is 2. The number of nitrogens with zero attached hydrogens (tertiary/aromatic N) is 2. The fraction of sp³-hybridized carbons (Fsp3) is 0.727. The summed E-state index contributed by atoms with van der Waals surface area (Å²) in [5.41, 5.74) is 1.16. The highest BCUT2D eigenvalue weighted by atomic mass is 15.3. The van der Waals surface area contributed by atoms with E-state index in [9.17, 15) is 0 Å². The van der Waals surface area contributed by atoms with Crippen molar-refractivity contribution in [1.82, 2.24) is 9.78 Å². The SMILES string of the molecule is CC1CCCCC1Nc1cnn(C)c1. The van der Waals surface area contributed by atoms with Crippen LogP contribution in [-0.4, -0.2) is 15.8 Å². The van der Waals surface area contributed by atoms with E-state index in [-0.39, 0.29) is 0 Å². The van der Waals surface area contributed by atoms with Gasteiger partial charge in [0.05, 0.1) is 11.9 Å². The molecule has 1 aromatic heterocycles. The van der Waals surface area contributed by atoms with Crippen LogP contribution in [0.5, 0.6) is 0 Å². The van der Waals surface area contributed by atoms with Gasteiger partial charge in [0, 0.05) is 19.3 Å². The van der Waals surface area contributed by atoms with Gasteiger partial charge in [-0.2, -0.15) is 5.10 Å². The molecule has 3 heteroatoms. The highest BCUT2D eigenvalue weighted by Gasteiger charge is 2.20. The van der Waals surface area contributed by atoms with Crippen molar-refractivity contribution in [1.29, 1.82) is 0 Å². The standard InChI is InChI=1S/C11H19N3/c1-9-5-3-4-6-11(9)13-10-7-12-14(2)8-10/h7-9,11,13H,3-6H2,1-2H3. The number of hydrogen-bond acceptors (Lipinski definition) is 2. The number of rotatable bonds is 2. The van der Waals surface area contributed by atoms with Crippen molar-refractivity contribution in [2.45, 2.75) is 38.6 Å². The Morgan fingerprint density at radius 2 is 2.21 bits per heavy atom. The molecule has 78 valence electrons. The Morgan fingerprint density at radius 3 is 2.86 bits per heavy atom. The van der Waals surface area contributed by atoms with E-state index >= 15 is 0 Å². The second kappa shape index (κ2) is 4.03. The van der Waals surface area contributed by atoms with Crippen LogP contribution in [0.15, 0.2) is 12.4 Å². The van der Waals surface area contributed by atoms with Gasteiger partial charge in [-0.1, -0.05) is 19.8 Å². The Hall–Kier alpha value is -0.990. The Kier molecular flexibility index (Phi) is 2.75. The van der Waals surface area contributed by atoms with Crippen LogP contribution >= 0.6 is 0 Å². The smallest absolute Gasteiger partial charge is 0.0728 e. The molecular weight excluding hydrogens is 174 g/mol. The predicted molar refractivity (Wildman–Crippen MR) is 58.3 cm³/mol. The lowest BCUT2D eigenvalue weighted by molar-refractivity contribution is 0.349. The van der Waals surface area contributed by atoms with Gasteiger partial charge in [-0.3, -0.25) is 4.68 Å². The van der Waals surface area contributed by atoms with E-state index in [0.29, 0.717) is 6.04 Å². The van der Waals surface area contributed by atoms with Crippen LogP contribution in [0.3, 0.4) is 0 Å². The summed E-state index contributed by atoms with van der Waals surface area (Å²) in [6.07, 6.45) is 9.37. The largest absolute Gasteiger partial charge is 0.380 e. The van der Waals surface area contributed by atoms with Crippen LogP contribution in [0.25, 0.3) is 0 Å². The highest BCUT2D eigenvalue weighted by Crippen LogP contribution is 2.26. The molecule has 1 fully saturated rings. The van der Waals surface area contributed by atoms with E-state index in [0.717, 1.165) is 11.6 Å². The Labute approximate surface area is 85.5 Å². The molecule has 0 amide bonds. The molecule has 1 aliphatic rings. The van der Waals surface area contributed by atoms with Gasteiger partial charge in [0.25, 0.3) is 0 Å². The molecular formula is C11H19N3. The minimum atomic E-state index is 0.646. The lowest BCUT2D eigenvalue weighted by Crippen LogP contribution is -2.30. The summed E-state index contributed by atoms with van der Waals surface area (Å²) >= 11 is 0. The minimum Gasteiger partial charge on any atom is -0.380 e. The highest BCUT2D eigenvalue weighted by molar-refractivity contribution is 5.39. The number of anilines is 1. The molecule has 2 atom stereocenters. The summed E-state index contributed by atoms with van der Waals surface area (Å²) in [6.45, 7) is 2.34. The zero-order chi connectivity index (χ0) is 9.97. The van der Waals surface area contributed by atoms with Gasteiger partial charge < -0.3 is 5.32 Å². The summed E-state index contributed by atoms with van der Waals surface area (Å²) in [5.74, 6) is 0.795. The van der Waals surface area contributed by atoms with Crippen molar-refractivity contribution in [2.75, 3.05) is 5.32 Å². The molecule has 0 aliphatic heterocycles. The van der Waals surface area contributed by atoms with Crippen molar-refractivity contribution < 1.29 is 0 Å². The van der Waals surface area contributed by atoms with Crippen molar-refractivity contribution in [3.63, 3.8) is 0 Å². The van der Waals surface area contributed by atoms with Crippen LogP contribution in [0.2, 0.25) is 0 Å². The third-order valence-electron chi connectivity index (χ3n) is 3.17. The molecule has 0 aromatic carbocycles. The van der Waals surface area contributed by atoms with E-state index in [2.05, 4.69) is 17.3 Å². The fourth-order valence-electron chi connectivity index (χ4n) is 2.24. The summed E-state index contributed by atoms with van der Waals surface area (Å²) in [7, 11) is 1.95. The third-order valence-corrected chi connectivity index (χ3v) is 3.17. The van der Waals surface area contributed by atoms with Crippen LogP contribution in [0.1, 0.15) is 32.6 Å². The second-order valence-corrected chi connectivity index (χ2v) is 4.42. The van der Waals surface area contributed by atoms with Crippen LogP contribution in [0.4, 0.5) is 5.69 Å². The van der Waals surface area contributed by atoms with Crippen LogP contribution in [0, 0.1) is 5.92 Å². The Balaban J connectivity index is 1.95. The topological polar surface area (TPSA) is 29.9 Å². The van der Waals surface area contributed by atoms with E-state index in [1.54, 1.807) is 0 Å². The summed E-state index contributed by atoms with van der Waals surface area (Å²) in [5, 5.41) is 7.73. The van der Waals surface area contributed by atoms with E-state index < -0.39 is 0 Å². The maximum atomic E-state index is 4.16. The fourth-order valence-corrected chi connectivity index (χ4v) is 2.24.